The Morgan fingerprint density at radius 3 is 2.13 bits per heavy atom. The first-order valence-electron chi connectivity index (χ1n) is 9.51. The van der Waals surface area contributed by atoms with Crippen LogP contribution in [0.25, 0.3) is 0 Å². The van der Waals surface area contributed by atoms with E-state index in [1.807, 2.05) is 0 Å². The molecule has 0 spiro atoms. The molecule has 0 saturated carbocycles. The summed E-state index contributed by atoms with van der Waals surface area (Å²) in [6, 6.07) is 0.982. The standard InChI is InChI=1S/C20H28N4O7/c1-9(2)14(21)16(25)15(18(27)22-10(3)4)24-17(26)12-8-11(6-7-13(12)31-5)23-19(28)20(29)30/h6-10,14-15H,21H2,1-5H3,(H,22,27)(H,23,28)(H,24,26)(H,29,30)/t14-,15-/m0/s1. The number of anilines is 1. The van der Waals surface area contributed by atoms with Crippen molar-refractivity contribution in [1.29, 1.82) is 0 Å². The van der Waals surface area contributed by atoms with Crippen molar-refractivity contribution in [1.82, 2.24) is 10.6 Å². The van der Waals surface area contributed by atoms with Gasteiger partial charge in [0.1, 0.15) is 5.75 Å². The normalized spacial score (nSPS) is 12.6. The van der Waals surface area contributed by atoms with Gasteiger partial charge in [0.15, 0.2) is 11.8 Å². The summed E-state index contributed by atoms with van der Waals surface area (Å²) in [6.45, 7) is 6.81. The summed E-state index contributed by atoms with van der Waals surface area (Å²) >= 11 is 0. The Morgan fingerprint density at radius 2 is 1.65 bits per heavy atom. The van der Waals surface area contributed by atoms with E-state index in [9.17, 15) is 24.0 Å². The number of hydrogen-bond donors (Lipinski definition) is 5. The smallest absolute Gasteiger partial charge is 0.394 e. The van der Waals surface area contributed by atoms with Crippen molar-refractivity contribution in [3.8, 4) is 5.75 Å². The molecule has 0 bridgehead atoms. The number of ketones is 1. The fraction of sp³-hybridized carbons (Fsp3) is 0.450. The van der Waals surface area contributed by atoms with Gasteiger partial charge in [-0.1, -0.05) is 13.8 Å². The van der Waals surface area contributed by atoms with E-state index >= 15 is 0 Å². The molecule has 170 valence electrons. The van der Waals surface area contributed by atoms with Gasteiger partial charge in [-0.15, -0.1) is 0 Å². The Balaban J connectivity index is 3.26. The van der Waals surface area contributed by atoms with Crippen molar-refractivity contribution >= 4 is 35.2 Å². The van der Waals surface area contributed by atoms with Crippen molar-refractivity contribution in [3.05, 3.63) is 23.8 Å². The van der Waals surface area contributed by atoms with Gasteiger partial charge >= 0.3 is 11.9 Å². The molecule has 1 aromatic rings. The number of carbonyl (C=O) groups is 5. The van der Waals surface area contributed by atoms with Crippen LogP contribution in [0.1, 0.15) is 38.1 Å². The number of amides is 3. The Hall–Kier alpha value is -3.47. The molecule has 0 radical (unpaired) electrons. The minimum atomic E-state index is -1.71. The number of methoxy groups -OCH3 is 1. The van der Waals surface area contributed by atoms with Crippen LogP contribution < -0.4 is 26.4 Å². The Bertz CT molecular complexity index is 867. The van der Waals surface area contributed by atoms with Gasteiger partial charge in [0.25, 0.3) is 11.8 Å². The molecule has 11 nitrogen and oxygen atoms in total. The van der Waals surface area contributed by atoms with Gasteiger partial charge in [0.05, 0.1) is 18.7 Å². The second-order valence-corrected chi connectivity index (χ2v) is 7.42. The van der Waals surface area contributed by atoms with Gasteiger partial charge in [0, 0.05) is 11.7 Å². The van der Waals surface area contributed by atoms with Gasteiger partial charge in [-0.2, -0.15) is 0 Å². The second kappa shape index (κ2) is 11.1. The summed E-state index contributed by atoms with van der Waals surface area (Å²) in [5.74, 6) is -5.45. The number of carboxylic acids is 1. The van der Waals surface area contributed by atoms with Crippen LogP contribution in [0.15, 0.2) is 18.2 Å². The zero-order valence-electron chi connectivity index (χ0n) is 18.0. The van der Waals surface area contributed by atoms with Gasteiger partial charge < -0.3 is 31.5 Å². The SMILES string of the molecule is COc1ccc(NC(=O)C(=O)O)cc1C(=O)N[C@H](C(=O)NC(C)C)C(=O)[C@@H](N)C(C)C. The Kier molecular flexibility index (Phi) is 9.13. The lowest BCUT2D eigenvalue weighted by atomic mass is 9.95. The number of carboxylic acid groups (broad SMARTS) is 1. The number of ether oxygens (including phenoxy) is 1. The second-order valence-electron chi connectivity index (χ2n) is 7.42. The third-order valence-corrected chi connectivity index (χ3v) is 4.20. The highest BCUT2D eigenvalue weighted by molar-refractivity contribution is 6.36. The molecule has 0 aliphatic carbocycles. The maximum atomic E-state index is 12.9. The van der Waals surface area contributed by atoms with Crippen LogP contribution in [0, 0.1) is 5.92 Å². The molecule has 2 atom stereocenters. The Morgan fingerprint density at radius 1 is 1.03 bits per heavy atom. The number of benzene rings is 1. The molecule has 11 heteroatoms. The lowest BCUT2D eigenvalue weighted by Gasteiger charge is -2.24. The van der Waals surface area contributed by atoms with Crippen molar-refractivity contribution in [2.75, 3.05) is 12.4 Å². The zero-order valence-corrected chi connectivity index (χ0v) is 18.0. The fourth-order valence-corrected chi connectivity index (χ4v) is 2.51. The van der Waals surface area contributed by atoms with Gasteiger partial charge in [-0.3, -0.25) is 19.2 Å². The first kappa shape index (κ1) is 25.6. The molecule has 0 saturated heterocycles. The summed E-state index contributed by atoms with van der Waals surface area (Å²) in [7, 11) is 1.30. The third-order valence-electron chi connectivity index (χ3n) is 4.20. The minimum Gasteiger partial charge on any atom is -0.496 e. The first-order valence-corrected chi connectivity index (χ1v) is 9.51. The van der Waals surface area contributed by atoms with Gasteiger partial charge in [-0.25, -0.2) is 4.79 Å². The van der Waals surface area contributed by atoms with Crippen LogP contribution in [0.4, 0.5) is 5.69 Å². The van der Waals surface area contributed by atoms with Gasteiger partial charge in [-0.05, 0) is 38.0 Å². The molecule has 0 heterocycles. The molecule has 0 aliphatic heterocycles. The summed E-state index contributed by atoms with van der Waals surface area (Å²) in [6.07, 6.45) is 0. The summed E-state index contributed by atoms with van der Waals surface area (Å²) in [5.41, 5.74) is 5.78. The molecule has 0 fully saturated rings. The number of aliphatic carboxylic acids is 1. The van der Waals surface area contributed by atoms with Gasteiger partial charge in [0.2, 0.25) is 0 Å². The van der Waals surface area contributed by atoms with Crippen LogP contribution in [-0.2, 0) is 19.2 Å². The van der Waals surface area contributed by atoms with E-state index in [1.54, 1.807) is 27.7 Å². The number of Topliss-reactive ketones (excluding diaryl/α,β-unsaturated/α-hetero) is 1. The summed E-state index contributed by atoms with van der Waals surface area (Å²) < 4.78 is 5.13. The predicted octanol–water partition coefficient (Wildman–Crippen LogP) is -0.106. The average Bonchev–Trinajstić information content (AvgIpc) is 2.69. The molecule has 6 N–H and O–H groups in total. The van der Waals surface area contributed by atoms with Crippen LogP contribution in [0.5, 0.6) is 5.75 Å². The van der Waals surface area contributed by atoms with E-state index in [-0.39, 0.29) is 29.0 Å². The quantitative estimate of drug-likeness (QED) is 0.263. The third kappa shape index (κ3) is 7.07. The van der Waals surface area contributed by atoms with Crippen molar-refractivity contribution in [3.63, 3.8) is 0 Å². The maximum absolute atomic E-state index is 12.9. The highest BCUT2D eigenvalue weighted by atomic mass is 16.5. The summed E-state index contributed by atoms with van der Waals surface area (Å²) in [4.78, 5) is 60.4. The van der Waals surface area contributed by atoms with Crippen molar-refractivity contribution in [2.45, 2.75) is 45.8 Å². The monoisotopic (exact) mass is 436 g/mol. The molecule has 0 aliphatic rings. The van der Waals surface area contributed by atoms with Crippen molar-refractivity contribution < 1.29 is 33.8 Å². The summed E-state index contributed by atoms with van der Waals surface area (Å²) in [5, 5.41) is 15.8. The first-order chi connectivity index (χ1) is 14.4. The number of carbonyl (C=O) groups excluding carboxylic acids is 4. The maximum Gasteiger partial charge on any atom is 0.394 e. The van der Waals surface area contributed by atoms with E-state index < -0.39 is 41.6 Å². The van der Waals surface area contributed by atoms with Crippen LogP contribution in [-0.4, -0.2) is 59.8 Å². The van der Waals surface area contributed by atoms with E-state index in [1.165, 1.54) is 25.3 Å². The highest BCUT2D eigenvalue weighted by Gasteiger charge is 2.34. The molecule has 3 amide bonds. The largest absolute Gasteiger partial charge is 0.496 e. The molecular formula is C20H28N4O7. The molecule has 1 aromatic carbocycles. The molecule has 1 rings (SSSR count). The number of nitrogens with one attached hydrogen (secondary N) is 3. The van der Waals surface area contributed by atoms with Crippen LogP contribution >= 0.6 is 0 Å². The lowest BCUT2D eigenvalue weighted by molar-refractivity contribution is -0.147. The molecule has 31 heavy (non-hydrogen) atoms. The van der Waals surface area contributed by atoms with Crippen LogP contribution in [0.2, 0.25) is 0 Å². The van der Waals surface area contributed by atoms with E-state index in [4.69, 9.17) is 15.6 Å². The van der Waals surface area contributed by atoms with Crippen LogP contribution in [0.3, 0.4) is 0 Å². The van der Waals surface area contributed by atoms with E-state index in [2.05, 4.69) is 16.0 Å². The zero-order chi connectivity index (χ0) is 23.9. The number of hydrogen-bond acceptors (Lipinski definition) is 7. The topological polar surface area (TPSA) is 177 Å². The molecular weight excluding hydrogens is 408 g/mol. The highest BCUT2D eigenvalue weighted by Crippen LogP contribution is 2.23. The minimum absolute atomic E-state index is 0.00624. The molecule has 0 aromatic heterocycles. The predicted molar refractivity (Wildman–Crippen MR) is 112 cm³/mol. The van der Waals surface area contributed by atoms with E-state index in [0.717, 1.165) is 0 Å². The number of nitrogens with two attached hydrogens (primary N) is 1. The van der Waals surface area contributed by atoms with Crippen molar-refractivity contribution in [2.24, 2.45) is 11.7 Å². The fourth-order valence-electron chi connectivity index (χ4n) is 2.51. The lowest BCUT2D eigenvalue weighted by Crippen LogP contribution is -2.57. The molecule has 0 unspecified atom stereocenters. The Labute approximate surface area is 179 Å². The van der Waals surface area contributed by atoms with E-state index in [0.29, 0.717) is 0 Å². The average molecular weight is 436 g/mol. The number of rotatable bonds is 9.